The summed E-state index contributed by atoms with van der Waals surface area (Å²) in [4.78, 5) is 39.3. The Morgan fingerprint density at radius 2 is 1.94 bits per heavy atom. The Balaban J connectivity index is 1.39. The van der Waals surface area contributed by atoms with Crippen molar-refractivity contribution in [3.8, 4) is 17.1 Å². The number of furan rings is 1. The topological polar surface area (TPSA) is 191 Å². The molecular weight excluding hydrogens is 706 g/mol. The minimum Gasteiger partial charge on any atom is -0.487 e. The maximum atomic E-state index is 13.5. The van der Waals surface area contributed by atoms with E-state index in [-0.39, 0.29) is 22.3 Å². The average molecular weight is 739 g/mol. The molecule has 0 saturated heterocycles. The van der Waals surface area contributed by atoms with E-state index in [9.17, 15) is 22.2 Å². The van der Waals surface area contributed by atoms with E-state index < -0.39 is 60.9 Å². The van der Waals surface area contributed by atoms with Crippen LogP contribution in [0.25, 0.3) is 22.2 Å². The van der Waals surface area contributed by atoms with Gasteiger partial charge in [0, 0.05) is 32.2 Å². The predicted octanol–water partition coefficient (Wildman–Crippen LogP) is 6.05. The highest BCUT2D eigenvalue weighted by Gasteiger charge is 2.22. The molecule has 258 valence electrons. The number of rotatable bonds is 14. The Kier molecular flexibility index (Phi) is 9.53. The van der Waals surface area contributed by atoms with Gasteiger partial charge in [0.05, 0.1) is 25.5 Å². The molecule has 3 aromatic carbocycles. The van der Waals surface area contributed by atoms with Crippen molar-refractivity contribution in [3.05, 3.63) is 101 Å². The number of phosphoric ester groups is 1. The van der Waals surface area contributed by atoms with E-state index in [1.807, 2.05) is 0 Å². The van der Waals surface area contributed by atoms with Gasteiger partial charge in [0.25, 0.3) is 0 Å². The number of nitrogens with one attached hydrogen (secondary N) is 1. The zero-order valence-corrected chi connectivity index (χ0v) is 27.7. The first-order chi connectivity index (χ1) is 24.7. The number of hydrogen-bond donors (Lipinski definition) is 3. The van der Waals surface area contributed by atoms with E-state index in [0.717, 1.165) is 6.07 Å². The van der Waals surface area contributed by atoms with Gasteiger partial charge in [-0.25, -0.2) is 36.7 Å². The summed E-state index contributed by atoms with van der Waals surface area (Å²) >= 11 is 6.46. The molecule has 0 atom stereocenters. The SMILES string of the molecule is [2H]C([2H])(c1ccc(-c2ccc3ncnc(Nc4ccc(OCc5cccc(F)c5)c(Cl)c4)c3c2)o1)N(CC([2H])([2H])S(C)(=O)=O)C(=O)OCOP(=O)(O)O. The number of benzene rings is 3. The Hall–Kier alpha value is -4.57. The molecular formula is C31H29ClFN4O10PS. The molecule has 0 saturated carbocycles. The molecule has 1 amide bonds. The van der Waals surface area contributed by atoms with Gasteiger partial charge in [-0.3, -0.25) is 4.90 Å². The number of nitrogens with zero attached hydrogens (tertiary/aromatic N) is 3. The number of ether oxygens (including phenoxy) is 2. The molecule has 14 nitrogen and oxygen atoms in total. The van der Waals surface area contributed by atoms with Gasteiger partial charge in [-0.05, 0) is 66.2 Å². The van der Waals surface area contributed by atoms with Crippen molar-refractivity contribution in [1.82, 2.24) is 14.9 Å². The molecule has 0 fully saturated rings. The lowest BCUT2D eigenvalue weighted by Crippen LogP contribution is -2.35. The second-order valence-corrected chi connectivity index (χ2v) is 13.5. The summed E-state index contributed by atoms with van der Waals surface area (Å²) in [5, 5.41) is 3.91. The molecule has 2 aromatic heterocycles. The summed E-state index contributed by atoms with van der Waals surface area (Å²) in [7, 11) is -9.65. The molecule has 2 heterocycles. The minimum atomic E-state index is -5.12. The van der Waals surface area contributed by atoms with E-state index in [0.29, 0.717) is 45.5 Å². The first-order valence-corrected chi connectivity index (χ1v) is 17.7. The number of anilines is 2. The third-order valence-corrected chi connectivity index (χ3v) is 7.75. The zero-order valence-electron chi connectivity index (χ0n) is 29.2. The molecule has 3 N–H and O–H groups in total. The number of aromatic nitrogens is 2. The maximum absolute atomic E-state index is 13.5. The highest BCUT2D eigenvalue weighted by Crippen LogP contribution is 2.36. The van der Waals surface area contributed by atoms with Crippen LogP contribution in [0.4, 0.5) is 20.7 Å². The van der Waals surface area contributed by atoms with Gasteiger partial charge < -0.3 is 29.0 Å². The Morgan fingerprint density at radius 3 is 2.67 bits per heavy atom. The molecule has 0 aliphatic rings. The van der Waals surface area contributed by atoms with Crippen LogP contribution in [0.2, 0.25) is 5.02 Å². The van der Waals surface area contributed by atoms with E-state index in [1.54, 1.807) is 48.5 Å². The molecule has 0 bridgehead atoms. The quantitative estimate of drug-likeness (QED) is 0.0882. The van der Waals surface area contributed by atoms with Crippen LogP contribution >= 0.6 is 19.4 Å². The van der Waals surface area contributed by atoms with Crippen molar-refractivity contribution in [3.63, 3.8) is 0 Å². The molecule has 0 radical (unpaired) electrons. The van der Waals surface area contributed by atoms with Crippen LogP contribution in [0.15, 0.2) is 83.5 Å². The molecule has 0 unspecified atom stereocenters. The van der Waals surface area contributed by atoms with Crippen molar-refractivity contribution in [2.75, 3.05) is 30.6 Å². The van der Waals surface area contributed by atoms with Gasteiger partial charge in [0.1, 0.15) is 51.7 Å². The van der Waals surface area contributed by atoms with Crippen LogP contribution in [0.5, 0.6) is 5.75 Å². The summed E-state index contributed by atoms with van der Waals surface area (Å²) < 4.78 is 102. The van der Waals surface area contributed by atoms with Gasteiger partial charge >= 0.3 is 13.9 Å². The highest BCUT2D eigenvalue weighted by atomic mass is 35.5. The van der Waals surface area contributed by atoms with Gasteiger partial charge in [0.15, 0.2) is 0 Å². The average Bonchev–Trinajstić information content (AvgIpc) is 3.57. The number of halogens is 2. The second kappa shape index (κ2) is 15.3. The summed E-state index contributed by atoms with van der Waals surface area (Å²) in [6, 6.07) is 18.2. The zero-order chi connectivity index (χ0) is 38.8. The smallest absolute Gasteiger partial charge is 0.472 e. The lowest BCUT2D eigenvalue weighted by Gasteiger charge is -2.20. The van der Waals surface area contributed by atoms with Gasteiger partial charge in [-0.15, -0.1) is 0 Å². The fourth-order valence-electron chi connectivity index (χ4n) is 4.17. The van der Waals surface area contributed by atoms with Gasteiger partial charge in [0.2, 0.25) is 6.79 Å². The number of carbonyl (C=O) groups is 1. The molecule has 0 aliphatic carbocycles. The molecule has 5 aromatic rings. The van der Waals surface area contributed by atoms with Crippen molar-refractivity contribution >= 4 is 57.8 Å². The molecule has 0 spiro atoms. The third kappa shape index (κ3) is 10.5. The second-order valence-electron chi connectivity index (χ2n) is 10.1. The lowest BCUT2D eigenvalue weighted by molar-refractivity contribution is 0.0191. The summed E-state index contributed by atoms with van der Waals surface area (Å²) in [5.41, 5.74) is -1.16. The van der Waals surface area contributed by atoms with Crippen molar-refractivity contribution < 1.29 is 55.9 Å². The van der Waals surface area contributed by atoms with Crippen molar-refractivity contribution in [2.24, 2.45) is 0 Å². The van der Waals surface area contributed by atoms with Crippen LogP contribution in [-0.2, 0) is 36.8 Å². The number of hydrogen-bond acceptors (Lipinski definition) is 11. The Bertz CT molecular complexity index is 2320. The largest absolute Gasteiger partial charge is 0.487 e. The third-order valence-electron chi connectivity index (χ3n) is 6.36. The maximum Gasteiger partial charge on any atom is 0.472 e. The van der Waals surface area contributed by atoms with Crippen LogP contribution in [-0.4, -0.2) is 64.5 Å². The van der Waals surface area contributed by atoms with E-state index in [1.165, 1.54) is 24.5 Å². The number of phosphoric acid groups is 1. The highest BCUT2D eigenvalue weighted by molar-refractivity contribution is 7.90. The Morgan fingerprint density at radius 1 is 1.12 bits per heavy atom. The standard InChI is InChI=1S/C31H29ClFN4O10PS/c1-49(42,43)12-11-37(31(38)45-19-46-48(39,40)41)16-24-7-10-28(47-24)21-5-8-27-25(14-21)30(35-18-34-27)36-23-6-9-29(26(32)15-23)44-17-20-3-2-4-22(33)13-20/h2-10,13-15,18H,11-12,16-17,19H2,1H3,(H,34,35,36)(H2,39,40,41)/i12D2,16D2. The first kappa shape index (κ1) is 30.5. The number of carbonyl (C=O) groups excluding carboxylic acids is 1. The summed E-state index contributed by atoms with van der Waals surface area (Å²) in [6.07, 6.45) is 0.157. The van der Waals surface area contributed by atoms with E-state index >= 15 is 0 Å². The molecule has 0 aliphatic heterocycles. The lowest BCUT2D eigenvalue weighted by atomic mass is 10.1. The normalized spacial score (nSPS) is 13.6. The van der Waals surface area contributed by atoms with Crippen LogP contribution in [0.3, 0.4) is 0 Å². The van der Waals surface area contributed by atoms with Crippen molar-refractivity contribution in [2.45, 2.75) is 13.1 Å². The van der Waals surface area contributed by atoms with Crippen LogP contribution in [0, 0.1) is 5.82 Å². The molecule has 49 heavy (non-hydrogen) atoms. The fraction of sp³-hybridized carbons (Fsp3) is 0.194. The number of sulfone groups is 1. The van der Waals surface area contributed by atoms with Crippen LogP contribution < -0.4 is 10.1 Å². The van der Waals surface area contributed by atoms with E-state index in [4.69, 9.17) is 36.0 Å². The monoisotopic (exact) mass is 738 g/mol. The summed E-state index contributed by atoms with van der Waals surface area (Å²) in [6.45, 7) is -5.76. The molecule has 18 heteroatoms. The van der Waals surface area contributed by atoms with Gasteiger partial charge in [-0.2, -0.15) is 0 Å². The molecule has 5 rings (SSSR count). The first-order valence-electron chi connectivity index (χ1n) is 15.9. The van der Waals surface area contributed by atoms with E-state index in [2.05, 4.69) is 24.5 Å². The van der Waals surface area contributed by atoms with Gasteiger partial charge in [-0.1, -0.05) is 23.7 Å². The Labute approximate surface area is 290 Å². The summed E-state index contributed by atoms with van der Waals surface area (Å²) in [5.74, 6) is -0.205. The fourth-order valence-corrected chi connectivity index (χ4v) is 4.96. The number of amides is 1. The minimum absolute atomic E-state index is 0.0544. The van der Waals surface area contributed by atoms with Crippen LogP contribution in [0.1, 0.15) is 16.8 Å². The van der Waals surface area contributed by atoms with Crippen molar-refractivity contribution in [1.29, 1.82) is 0 Å². The predicted molar refractivity (Wildman–Crippen MR) is 177 cm³/mol. The number of fused-ring (bicyclic) bond motifs is 1.